The third-order valence-electron chi connectivity index (χ3n) is 6.47. The number of anilines is 1. The fraction of sp³-hybridized carbons (Fsp3) is 0.500. The maximum Gasteiger partial charge on any atom is 0.255 e. The van der Waals surface area contributed by atoms with E-state index in [0.29, 0.717) is 40.7 Å². The Morgan fingerprint density at radius 2 is 1.75 bits per heavy atom. The second-order valence-electron chi connectivity index (χ2n) is 10.6. The summed E-state index contributed by atoms with van der Waals surface area (Å²) in [5.74, 6) is 0.794. The number of halogens is 1. The second kappa shape index (κ2) is 12.0. The van der Waals surface area contributed by atoms with Crippen LogP contribution in [-0.2, 0) is 11.3 Å². The average molecular weight is 516 g/mol. The third kappa shape index (κ3) is 7.14. The molecule has 0 saturated heterocycles. The van der Waals surface area contributed by atoms with Crippen molar-refractivity contribution in [3.05, 3.63) is 52.5 Å². The van der Waals surface area contributed by atoms with Gasteiger partial charge in [-0.3, -0.25) is 9.59 Å². The van der Waals surface area contributed by atoms with Crippen molar-refractivity contribution in [2.24, 2.45) is 11.1 Å². The monoisotopic (exact) mass is 515 g/mol. The minimum Gasteiger partial charge on any atom is -0.493 e. The number of nitrogens with two attached hydrogens (primary N) is 1. The first-order valence-electron chi connectivity index (χ1n) is 12.4. The van der Waals surface area contributed by atoms with Crippen molar-refractivity contribution < 1.29 is 19.1 Å². The Hall–Kier alpha value is -2.77. The molecule has 0 aliphatic heterocycles. The number of ether oxygens (including phenoxy) is 2. The Balaban J connectivity index is 1.84. The average Bonchev–Trinajstić information content (AvgIpc) is 2.83. The minimum absolute atomic E-state index is 0.0327. The van der Waals surface area contributed by atoms with Crippen molar-refractivity contribution in [3.8, 4) is 11.5 Å². The van der Waals surface area contributed by atoms with Crippen LogP contribution in [0.3, 0.4) is 0 Å². The summed E-state index contributed by atoms with van der Waals surface area (Å²) in [6, 6.07) is 10.2. The van der Waals surface area contributed by atoms with Crippen LogP contribution in [0, 0.1) is 5.41 Å². The summed E-state index contributed by atoms with van der Waals surface area (Å²) in [6.45, 7) is 6.51. The molecule has 196 valence electrons. The third-order valence-corrected chi connectivity index (χ3v) is 6.84. The normalized spacial score (nSPS) is 17.9. The number of carbonyl (C=O) groups is 2. The maximum atomic E-state index is 13.4. The van der Waals surface area contributed by atoms with Gasteiger partial charge in [0, 0.05) is 41.3 Å². The molecule has 1 fully saturated rings. The molecule has 36 heavy (non-hydrogen) atoms. The number of carbonyl (C=O) groups excluding carboxylic acids is 2. The van der Waals surface area contributed by atoms with Crippen LogP contribution in [0.2, 0.25) is 5.02 Å². The van der Waals surface area contributed by atoms with Crippen LogP contribution < -0.4 is 20.5 Å². The van der Waals surface area contributed by atoms with E-state index in [0.717, 1.165) is 31.2 Å². The molecule has 0 aromatic heterocycles. The molecule has 0 heterocycles. The first kappa shape index (κ1) is 27.8. The smallest absolute Gasteiger partial charge is 0.255 e. The first-order chi connectivity index (χ1) is 17.0. The standard InChI is InChI=1S/C28H38ClN3O4/c1-28(2,3)16-26(33)32(23-9-7-6-8-22(23)30)17-19-14-20(11-12-21(19)29)31-27(34)18-10-13-24(35-4)25(15-18)36-5/h10-15,22-23H,6-9,16-17,30H2,1-5H3,(H,31,34). The number of nitrogens with zero attached hydrogens (tertiary/aromatic N) is 1. The Morgan fingerprint density at radius 3 is 2.39 bits per heavy atom. The van der Waals surface area contributed by atoms with Crippen LogP contribution in [-0.4, -0.2) is 43.0 Å². The highest BCUT2D eigenvalue weighted by Gasteiger charge is 2.33. The molecule has 2 aromatic rings. The van der Waals surface area contributed by atoms with Crippen molar-refractivity contribution in [1.82, 2.24) is 4.90 Å². The molecule has 2 aromatic carbocycles. The predicted octanol–water partition coefficient (Wildman–Crippen LogP) is 5.64. The van der Waals surface area contributed by atoms with Gasteiger partial charge in [-0.25, -0.2) is 0 Å². The van der Waals surface area contributed by atoms with Crippen molar-refractivity contribution in [3.63, 3.8) is 0 Å². The van der Waals surface area contributed by atoms with Crippen LogP contribution in [0.15, 0.2) is 36.4 Å². The fourth-order valence-electron chi connectivity index (χ4n) is 4.61. The Labute approximate surface area is 219 Å². The molecule has 1 saturated carbocycles. The van der Waals surface area contributed by atoms with E-state index in [1.807, 2.05) is 11.0 Å². The topological polar surface area (TPSA) is 93.9 Å². The number of benzene rings is 2. The van der Waals surface area contributed by atoms with Crippen LogP contribution in [0.1, 0.15) is 68.8 Å². The summed E-state index contributed by atoms with van der Waals surface area (Å²) in [5.41, 5.74) is 8.11. The molecule has 2 unspecified atom stereocenters. The van der Waals surface area contributed by atoms with Gasteiger partial charge in [0.2, 0.25) is 5.91 Å². The molecular weight excluding hydrogens is 478 g/mol. The van der Waals surface area contributed by atoms with E-state index in [1.54, 1.807) is 37.4 Å². The second-order valence-corrected chi connectivity index (χ2v) is 11.0. The molecule has 1 aliphatic carbocycles. The molecule has 7 nitrogen and oxygen atoms in total. The lowest BCUT2D eigenvalue weighted by Gasteiger charge is -2.39. The van der Waals surface area contributed by atoms with Crippen molar-refractivity contribution >= 4 is 29.1 Å². The number of methoxy groups -OCH3 is 2. The van der Waals surface area contributed by atoms with Gasteiger partial charge in [0.25, 0.3) is 5.91 Å². The Morgan fingerprint density at radius 1 is 1.06 bits per heavy atom. The van der Waals surface area contributed by atoms with E-state index < -0.39 is 0 Å². The van der Waals surface area contributed by atoms with E-state index in [9.17, 15) is 9.59 Å². The molecule has 2 amide bonds. The summed E-state index contributed by atoms with van der Waals surface area (Å²) < 4.78 is 10.6. The van der Waals surface area contributed by atoms with Crippen LogP contribution in [0.25, 0.3) is 0 Å². The predicted molar refractivity (Wildman–Crippen MR) is 144 cm³/mol. The highest BCUT2D eigenvalue weighted by Crippen LogP contribution is 2.31. The van der Waals surface area contributed by atoms with Crippen molar-refractivity contribution in [1.29, 1.82) is 0 Å². The maximum absolute atomic E-state index is 13.4. The van der Waals surface area contributed by atoms with Gasteiger partial charge in [0.1, 0.15) is 0 Å². The molecule has 0 radical (unpaired) electrons. The minimum atomic E-state index is -0.292. The zero-order valence-electron chi connectivity index (χ0n) is 21.9. The summed E-state index contributed by atoms with van der Waals surface area (Å²) >= 11 is 6.57. The summed E-state index contributed by atoms with van der Waals surface area (Å²) in [6.07, 6.45) is 4.33. The molecule has 3 N–H and O–H groups in total. The zero-order valence-corrected chi connectivity index (χ0v) is 22.7. The number of amides is 2. The van der Waals surface area contributed by atoms with Gasteiger partial charge in [-0.1, -0.05) is 45.2 Å². The lowest BCUT2D eigenvalue weighted by molar-refractivity contribution is -0.137. The van der Waals surface area contributed by atoms with E-state index >= 15 is 0 Å². The Kier molecular flexibility index (Phi) is 9.25. The van der Waals surface area contributed by atoms with Gasteiger partial charge >= 0.3 is 0 Å². The first-order valence-corrected chi connectivity index (χ1v) is 12.8. The highest BCUT2D eigenvalue weighted by molar-refractivity contribution is 6.31. The SMILES string of the molecule is COc1ccc(C(=O)Nc2ccc(Cl)c(CN(C(=O)CC(C)(C)C)C3CCCCC3N)c2)cc1OC. The van der Waals surface area contributed by atoms with Crippen molar-refractivity contribution in [2.75, 3.05) is 19.5 Å². The molecule has 8 heteroatoms. The summed E-state index contributed by atoms with van der Waals surface area (Å²) in [4.78, 5) is 28.2. The van der Waals surface area contributed by atoms with Gasteiger partial charge < -0.3 is 25.4 Å². The summed E-state index contributed by atoms with van der Waals surface area (Å²) in [5, 5.41) is 3.46. The van der Waals surface area contributed by atoms with Gasteiger partial charge in [0.05, 0.1) is 14.2 Å². The molecule has 0 bridgehead atoms. The van der Waals surface area contributed by atoms with E-state index in [2.05, 4.69) is 26.1 Å². The van der Waals surface area contributed by atoms with Crippen LogP contribution in [0.4, 0.5) is 5.69 Å². The Bertz CT molecular complexity index is 1080. The number of rotatable bonds is 8. The number of hydrogen-bond donors (Lipinski definition) is 2. The molecular formula is C28H38ClN3O4. The highest BCUT2D eigenvalue weighted by atomic mass is 35.5. The van der Waals surface area contributed by atoms with E-state index in [4.69, 9.17) is 26.8 Å². The largest absolute Gasteiger partial charge is 0.493 e. The van der Waals surface area contributed by atoms with Crippen molar-refractivity contribution in [2.45, 2.75) is 71.5 Å². The number of nitrogens with one attached hydrogen (secondary N) is 1. The molecule has 0 spiro atoms. The summed E-state index contributed by atoms with van der Waals surface area (Å²) in [7, 11) is 3.07. The zero-order chi connectivity index (χ0) is 26.5. The lowest BCUT2D eigenvalue weighted by atomic mass is 9.87. The van der Waals surface area contributed by atoms with E-state index in [-0.39, 0.29) is 29.3 Å². The molecule has 1 aliphatic rings. The fourth-order valence-corrected chi connectivity index (χ4v) is 4.79. The molecule has 3 rings (SSSR count). The molecule has 2 atom stereocenters. The lowest BCUT2D eigenvalue weighted by Crippen LogP contribution is -2.52. The van der Waals surface area contributed by atoms with Gasteiger partial charge in [-0.05, 0) is 60.2 Å². The van der Waals surface area contributed by atoms with Gasteiger partial charge in [0.15, 0.2) is 11.5 Å². The van der Waals surface area contributed by atoms with Gasteiger partial charge in [-0.2, -0.15) is 0 Å². The van der Waals surface area contributed by atoms with Gasteiger partial charge in [-0.15, -0.1) is 0 Å². The number of hydrogen-bond acceptors (Lipinski definition) is 5. The van der Waals surface area contributed by atoms with E-state index in [1.165, 1.54) is 7.11 Å². The quantitative estimate of drug-likeness (QED) is 0.474. The van der Waals surface area contributed by atoms with Crippen LogP contribution >= 0.6 is 11.6 Å². The van der Waals surface area contributed by atoms with Crippen LogP contribution in [0.5, 0.6) is 11.5 Å².